The summed E-state index contributed by atoms with van der Waals surface area (Å²) in [5.74, 6) is -0.390. The number of nitrogens with zero attached hydrogens (tertiary/aromatic N) is 2. The van der Waals surface area contributed by atoms with Crippen LogP contribution in [0.1, 0.15) is 6.42 Å². The summed E-state index contributed by atoms with van der Waals surface area (Å²) in [4.78, 5) is 24.9. The largest absolute Gasteiger partial charge is 0.354 e. The third-order valence-electron chi connectivity index (χ3n) is 3.18. The van der Waals surface area contributed by atoms with Crippen molar-refractivity contribution in [3.8, 4) is 0 Å². The van der Waals surface area contributed by atoms with Gasteiger partial charge in [-0.25, -0.2) is 8.42 Å². The number of likely N-dealkylation sites (N-methyl/N-ethyl adjacent to an activating group) is 1. The van der Waals surface area contributed by atoms with Gasteiger partial charge in [0.25, 0.3) is 10.0 Å². The van der Waals surface area contributed by atoms with Gasteiger partial charge < -0.3 is 10.2 Å². The second-order valence-corrected chi connectivity index (χ2v) is 7.89. The summed E-state index contributed by atoms with van der Waals surface area (Å²) in [6.45, 7) is 0.884. The highest BCUT2D eigenvalue weighted by Gasteiger charge is 2.26. The van der Waals surface area contributed by atoms with Crippen molar-refractivity contribution in [2.75, 3.05) is 33.2 Å². The van der Waals surface area contributed by atoms with Crippen LogP contribution in [-0.4, -0.2) is 62.7 Å². The second-order valence-electron chi connectivity index (χ2n) is 4.67. The Morgan fingerprint density at radius 3 is 2.90 bits per heavy atom. The van der Waals surface area contributed by atoms with Crippen LogP contribution >= 0.6 is 11.3 Å². The van der Waals surface area contributed by atoms with Gasteiger partial charge in [-0.05, 0) is 11.4 Å². The van der Waals surface area contributed by atoms with Crippen molar-refractivity contribution in [1.29, 1.82) is 0 Å². The van der Waals surface area contributed by atoms with Crippen molar-refractivity contribution < 1.29 is 18.0 Å². The number of sulfonamides is 1. The van der Waals surface area contributed by atoms with Crippen molar-refractivity contribution in [1.82, 2.24) is 14.5 Å². The minimum atomic E-state index is -3.63. The molecule has 1 aliphatic rings. The van der Waals surface area contributed by atoms with Gasteiger partial charge in [-0.2, -0.15) is 4.31 Å². The lowest BCUT2D eigenvalue weighted by Crippen LogP contribution is -2.42. The first kappa shape index (κ1) is 15.9. The van der Waals surface area contributed by atoms with E-state index >= 15 is 0 Å². The zero-order chi connectivity index (χ0) is 15.5. The zero-order valence-electron chi connectivity index (χ0n) is 11.6. The summed E-state index contributed by atoms with van der Waals surface area (Å²) < 4.78 is 25.7. The molecule has 116 valence electrons. The van der Waals surface area contributed by atoms with Crippen molar-refractivity contribution in [3.63, 3.8) is 0 Å². The Labute approximate surface area is 127 Å². The van der Waals surface area contributed by atoms with E-state index in [9.17, 15) is 18.0 Å². The lowest BCUT2D eigenvalue weighted by Gasteiger charge is -2.23. The molecule has 0 unspecified atom stereocenters. The first-order valence-electron chi connectivity index (χ1n) is 6.45. The van der Waals surface area contributed by atoms with Gasteiger partial charge in [-0.1, -0.05) is 6.07 Å². The molecule has 0 bridgehead atoms. The highest BCUT2D eigenvalue weighted by molar-refractivity contribution is 7.91. The third kappa shape index (κ3) is 3.80. The molecule has 0 aliphatic carbocycles. The van der Waals surface area contributed by atoms with E-state index in [1.165, 1.54) is 18.0 Å². The molecule has 21 heavy (non-hydrogen) atoms. The van der Waals surface area contributed by atoms with E-state index in [1.54, 1.807) is 11.4 Å². The molecule has 7 nitrogen and oxygen atoms in total. The van der Waals surface area contributed by atoms with E-state index in [1.807, 2.05) is 0 Å². The predicted octanol–water partition coefficient (Wildman–Crippen LogP) is -0.283. The van der Waals surface area contributed by atoms with Gasteiger partial charge in [0.15, 0.2) is 0 Å². The SMILES string of the molecule is CN(CC(=O)N1CCNC(=O)CC1)S(=O)(=O)c1cccs1. The highest BCUT2D eigenvalue weighted by Crippen LogP contribution is 2.19. The van der Waals surface area contributed by atoms with Crippen LogP contribution in [0.2, 0.25) is 0 Å². The monoisotopic (exact) mass is 331 g/mol. The lowest BCUT2D eigenvalue weighted by molar-refractivity contribution is -0.131. The lowest BCUT2D eigenvalue weighted by atomic mass is 10.3. The van der Waals surface area contributed by atoms with Crippen LogP contribution < -0.4 is 5.32 Å². The predicted molar refractivity (Wildman–Crippen MR) is 78.3 cm³/mol. The maximum Gasteiger partial charge on any atom is 0.252 e. The molecule has 2 amide bonds. The fourth-order valence-electron chi connectivity index (χ4n) is 1.96. The summed E-state index contributed by atoms with van der Waals surface area (Å²) in [5.41, 5.74) is 0. The molecule has 2 rings (SSSR count). The van der Waals surface area contributed by atoms with Gasteiger partial charge >= 0.3 is 0 Å². The number of carbonyl (C=O) groups is 2. The van der Waals surface area contributed by atoms with Crippen LogP contribution in [-0.2, 0) is 19.6 Å². The van der Waals surface area contributed by atoms with Gasteiger partial charge in [0.05, 0.1) is 6.54 Å². The molecule has 1 aromatic heterocycles. The van der Waals surface area contributed by atoms with Crippen molar-refractivity contribution in [3.05, 3.63) is 17.5 Å². The molecule has 0 atom stereocenters. The number of nitrogens with one attached hydrogen (secondary N) is 1. The van der Waals surface area contributed by atoms with E-state index in [-0.39, 0.29) is 29.0 Å². The summed E-state index contributed by atoms with van der Waals surface area (Å²) in [6.07, 6.45) is 0.243. The molecule has 1 fully saturated rings. The summed E-state index contributed by atoms with van der Waals surface area (Å²) in [5, 5.41) is 4.35. The van der Waals surface area contributed by atoms with Crippen molar-refractivity contribution in [2.45, 2.75) is 10.6 Å². The van der Waals surface area contributed by atoms with Crippen LogP contribution in [0.15, 0.2) is 21.7 Å². The fraction of sp³-hybridized carbons (Fsp3) is 0.500. The number of hydrogen-bond acceptors (Lipinski definition) is 5. The first-order valence-corrected chi connectivity index (χ1v) is 8.77. The van der Waals surface area contributed by atoms with Gasteiger partial charge in [0.1, 0.15) is 4.21 Å². The van der Waals surface area contributed by atoms with E-state index in [2.05, 4.69) is 5.32 Å². The average Bonchev–Trinajstić information content (AvgIpc) is 2.89. The number of hydrogen-bond donors (Lipinski definition) is 1. The first-order chi connectivity index (χ1) is 9.91. The van der Waals surface area contributed by atoms with Crippen LogP contribution in [0.5, 0.6) is 0 Å². The Morgan fingerprint density at radius 2 is 2.24 bits per heavy atom. The van der Waals surface area contributed by atoms with Crippen molar-refractivity contribution >= 4 is 33.2 Å². The molecular formula is C12H17N3O4S2. The summed E-state index contributed by atoms with van der Waals surface area (Å²) in [7, 11) is -2.24. The molecule has 0 spiro atoms. The Bertz CT molecular complexity index is 612. The van der Waals surface area contributed by atoms with Crippen LogP contribution in [0.25, 0.3) is 0 Å². The summed E-state index contributed by atoms with van der Waals surface area (Å²) in [6, 6.07) is 3.16. The van der Waals surface area contributed by atoms with Gasteiger partial charge in [-0.15, -0.1) is 11.3 Å². The topological polar surface area (TPSA) is 86.8 Å². The van der Waals surface area contributed by atoms with E-state index < -0.39 is 10.0 Å². The molecule has 0 radical (unpaired) electrons. The van der Waals surface area contributed by atoms with E-state index in [4.69, 9.17) is 0 Å². The molecule has 1 aromatic rings. The quantitative estimate of drug-likeness (QED) is 0.822. The normalized spacial score (nSPS) is 16.7. The minimum Gasteiger partial charge on any atom is -0.354 e. The smallest absolute Gasteiger partial charge is 0.252 e. The highest BCUT2D eigenvalue weighted by atomic mass is 32.2. The van der Waals surface area contributed by atoms with E-state index in [0.717, 1.165) is 15.6 Å². The Balaban J connectivity index is 2.00. The molecule has 0 saturated carbocycles. The number of rotatable bonds is 4. The molecule has 1 N–H and O–H groups in total. The number of amides is 2. The maximum absolute atomic E-state index is 12.2. The fourth-order valence-corrected chi connectivity index (χ4v) is 4.28. The molecule has 2 heterocycles. The molecule has 0 aromatic carbocycles. The number of carbonyl (C=O) groups excluding carboxylic acids is 2. The molecule has 1 aliphatic heterocycles. The minimum absolute atomic E-state index is 0.0927. The van der Waals surface area contributed by atoms with Crippen LogP contribution in [0, 0.1) is 0 Å². The Morgan fingerprint density at radius 1 is 1.48 bits per heavy atom. The summed E-state index contributed by atoms with van der Waals surface area (Å²) >= 11 is 1.12. The standard InChI is InChI=1S/C12H17N3O4S2/c1-14(21(18,19)12-3-2-8-20-12)9-11(17)15-6-4-10(16)13-5-7-15/h2-3,8H,4-7,9H2,1H3,(H,13,16). The Kier molecular flexibility index (Phi) is 4.96. The molecule has 1 saturated heterocycles. The van der Waals surface area contributed by atoms with Crippen LogP contribution in [0.4, 0.5) is 0 Å². The van der Waals surface area contributed by atoms with Crippen LogP contribution in [0.3, 0.4) is 0 Å². The third-order valence-corrected chi connectivity index (χ3v) is 6.36. The Hall–Kier alpha value is -1.45. The van der Waals surface area contributed by atoms with Crippen molar-refractivity contribution in [2.24, 2.45) is 0 Å². The maximum atomic E-state index is 12.2. The van der Waals surface area contributed by atoms with Gasteiger partial charge in [0.2, 0.25) is 11.8 Å². The van der Waals surface area contributed by atoms with E-state index in [0.29, 0.717) is 19.6 Å². The molecular weight excluding hydrogens is 314 g/mol. The average molecular weight is 331 g/mol. The molecule has 9 heteroatoms. The second kappa shape index (κ2) is 6.54. The number of thiophene rings is 1. The van der Waals surface area contributed by atoms with Gasteiger partial charge in [0, 0.05) is 33.1 Å². The zero-order valence-corrected chi connectivity index (χ0v) is 13.2. The van der Waals surface area contributed by atoms with Gasteiger partial charge in [-0.3, -0.25) is 9.59 Å².